The average Bonchev–Trinajstić information content (AvgIpc) is 3.22. The molecule has 1 aliphatic carbocycles. The number of fused-ring (bicyclic) bond motifs is 1. The molecule has 0 bridgehead atoms. The molecular formula is C19H27F3N4O. The monoisotopic (exact) mass is 384 g/mol. The minimum atomic E-state index is -4.36. The fourth-order valence-electron chi connectivity index (χ4n) is 4.41. The molecule has 1 amide bonds. The number of aromatic nitrogens is 1. The van der Waals surface area contributed by atoms with Gasteiger partial charge in [-0.1, -0.05) is 13.3 Å². The lowest BCUT2D eigenvalue weighted by molar-refractivity contribution is -0.137. The van der Waals surface area contributed by atoms with Crippen LogP contribution >= 0.6 is 0 Å². The highest BCUT2D eigenvalue weighted by Gasteiger charge is 2.44. The van der Waals surface area contributed by atoms with E-state index in [1.54, 1.807) is 7.05 Å². The minimum absolute atomic E-state index is 0.0135. The maximum atomic E-state index is 12.7. The first-order valence-corrected chi connectivity index (χ1v) is 9.59. The van der Waals surface area contributed by atoms with Crippen LogP contribution < -0.4 is 15.5 Å². The summed E-state index contributed by atoms with van der Waals surface area (Å²) in [5.74, 6) is 1.48. The third kappa shape index (κ3) is 4.36. The number of carbonyl (C=O) groups excluding carboxylic acids is 1. The Kier molecular flexibility index (Phi) is 5.93. The van der Waals surface area contributed by atoms with Gasteiger partial charge in [-0.25, -0.2) is 4.98 Å². The van der Waals surface area contributed by atoms with Gasteiger partial charge in [0.15, 0.2) is 0 Å². The molecule has 4 atom stereocenters. The predicted molar refractivity (Wildman–Crippen MR) is 97.4 cm³/mol. The largest absolute Gasteiger partial charge is 0.417 e. The molecule has 1 aromatic rings. The topological polar surface area (TPSA) is 57.3 Å². The van der Waals surface area contributed by atoms with E-state index in [4.69, 9.17) is 0 Å². The van der Waals surface area contributed by atoms with Gasteiger partial charge in [-0.3, -0.25) is 4.79 Å². The predicted octanol–water partition coefficient (Wildman–Crippen LogP) is 2.82. The number of likely N-dealkylation sites (N-methyl/N-ethyl adjacent to an activating group) is 1. The van der Waals surface area contributed by atoms with Crippen LogP contribution in [0.4, 0.5) is 19.0 Å². The lowest BCUT2D eigenvalue weighted by Crippen LogP contribution is -2.49. The number of amides is 1. The van der Waals surface area contributed by atoms with Gasteiger partial charge >= 0.3 is 6.18 Å². The molecule has 8 heteroatoms. The van der Waals surface area contributed by atoms with Crippen LogP contribution in [0.25, 0.3) is 0 Å². The number of halogens is 3. The molecule has 3 rings (SSSR count). The fourth-order valence-corrected chi connectivity index (χ4v) is 4.41. The van der Waals surface area contributed by atoms with Crippen LogP contribution in [0.3, 0.4) is 0 Å². The van der Waals surface area contributed by atoms with E-state index in [1.807, 2.05) is 0 Å². The maximum Gasteiger partial charge on any atom is 0.417 e. The molecule has 1 aliphatic heterocycles. The van der Waals surface area contributed by atoms with Crippen molar-refractivity contribution in [1.82, 2.24) is 15.6 Å². The molecular weight excluding hydrogens is 357 g/mol. The van der Waals surface area contributed by atoms with Crippen molar-refractivity contribution in [2.24, 2.45) is 11.8 Å². The second-order valence-electron chi connectivity index (χ2n) is 7.54. The van der Waals surface area contributed by atoms with Gasteiger partial charge in [0.1, 0.15) is 5.82 Å². The van der Waals surface area contributed by atoms with Gasteiger partial charge in [-0.2, -0.15) is 13.2 Å². The average molecular weight is 384 g/mol. The highest BCUT2D eigenvalue weighted by atomic mass is 19.4. The van der Waals surface area contributed by atoms with Gasteiger partial charge in [0.05, 0.1) is 11.6 Å². The Morgan fingerprint density at radius 1 is 1.33 bits per heavy atom. The van der Waals surface area contributed by atoms with E-state index in [0.717, 1.165) is 51.0 Å². The molecule has 2 aliphatic rings. The molecule has 2 fully saturated rings. The molecule has 27 heavy (non-hydrogen) atoms. The number of alkyl halides is 3. The van der Waals surface area contributed by atoms with E-state index < -0.39 is 11.7 Å². The van der Waals surface area contributed by atoms with E-state index in [-0.39, 0.29) is 18.0 Å². The Morgan fingerprint density at radius 3 is 2.70 bits per heavy atom. The normalized spacial score (nSPS) is 26.1. The molecule has 2 N–H and O–H groups in total. The van der Waals surface area contributed by atoms with E-state index in [1.165, 1.54) is 6.07 Å². The molecule has 150 valence electrons. The number of rotatable bonds is 6. The number of hydrogen-bond donors (Lipinski definition) is 2. The standard InChI is InChI=1S/C19H27F3N4O/c1-3-4-16(18(27)23-2)25-15-7-5-12-10-26(11-14(12)15)17-8-6-13(9-24-17)19(20,21)22/h6,8-9,12,14-16,25H,3-5,7,10-11H2,1-2H3,(H,23,27)/t12-,14+,15+,16+/m1/s1. The SMILES string of the molecule is CCC[C@H](N[C@H]1CC[C@@H]2CN(c3ccc(C(F)(F)F)cn3)C[C@@H]21)C(=O)NC. The number of hydrogen-bond acceptors (Lipinski definition) is 4. The number of pyridine rings is 1. The Labute approximate surface area is 157 Å². The van der Waals surface area contributed by atoms with Crippen LogP contribution in [0, 0.1) is 11.8 Å². The summed E-state index contributed by atoms with van der Waals surface area (Å²) in [6, 6.07) is 2.61. The van der Waals surface area contributed by atoms with E-state index in [2.05, 4.69) is 27.4 Å². The van der Waals surface area contributed by atoms with Crippen molar-refractivity contribution in [3.63, 3.8) is 0 Å². The van der Waals surface area contributed by atoms with Crippen molar-refractivity contribution in [1.29, 1.82) is 0 Å². The Hall–Kier alpha value is -1.83. The molecule has 1 saturated carbocycles. The first-order valence-electron chi connectivity index (χ1n) is 9.59. The zero-order chi connectivity index (χ0) is 19.6. The summed E-state index contributed by atoms with van der Waals surface area (Å²) in [5, 5.41) is 6.25. The van der Waals surface area contributed by atoms with Crippen LogP contribution in [0.15, 0.2) is 18.3 Å². The summed E-state index contributed by atoms with van der Waals surface area (Å²) >= 11 is 0. The quantitative estimate of drug-likeness (QED) is 0.792. The van der Waals surface area contributed by atoms with Crippen molar-refractivity contribution in [2.75, 3.05) is 25.0 Å². The number of carbonyl (C=O) groups is 1. The summed E-state index contributed by atoms with van der Waals surface area (Å²) < 4.78 is 38.2. The van der Waals surface area contributed by atoms with Gasteiger partial charge in [0.2, 0.25) is 5.91 Å². The first-order chi connectivity index (χ1) is 12.8. The Bertz CT molecular complexity index is 649. The van der Waals surface area contributed by atoms with Crippen molar-refractivity contribution in [3.05, 3.63) is 23.9 Å². The van der Waals surface area contributed by atoms with Crippen molar-refractivity contribution >= 4 is 11.7 Å². The van der Waals surface area contributed by atoms with Crippen LogP contribution in [0.5, 0.6) is 0 Å². The lowest BCUT2D eigenvalue weighted by atomic mass is 9.96. The number of nitrogens with zero attached hydrogens (tertiary/aromatic N) is 2. The Balaban J connectivity index is 1.64. The number of nitrogens with one attached hydrogen (secondary N) is 2. The molecule has 0 unspecified atom stereocenters. The molecule has 1 aromatic heterocycles. The zero-order valence-electron chi connectivity index (χ0n) is 15.7. The van der Waals surface area contributed by atoms with Crippen LogP contribution in [-0.4, -0.2) is 43.1 Å². The summed E-state index contributed by atoms with van der Waals surface area (Å²) in [6.07, 6.45) is 0.344. The fraction of sp³-hybridized carbons (Fsp3) is 0.684. The molecule has 1 saturated heterocycles. The smallest absolute Gasteiger partial charge is 0.358 e. The van der Waals surface area contributed by atoms with Crippen LogP contribution in [0.1, 0.15) is 38.2 Å². The van der Waals surface area contributed by atoms with Crippen molar-refractivity contribution < 1.29 is 18.0 Å². The molecule has 0 spiro atoms. The highest BCUT2D eigenvalue weighted by molar-refractivity contribution is 5.81. The van der Waals surface area contributed by atoms with Crippen LogP contribution in [-0.2, 0) is 11.0 Å². The minimum Gasteiger partial charge on any atom is -0.358 e. The van der Waals surface area contributed by atoms with Gasteiger partial charge in [0, 0.05) is 32.4 Å². The van der Waals surface area contributed by atoms with E-state index >= 15 is 0 Å². The highest BCUT2D eigenvalue weighted by Crippen LogP contribution is 2.40. The maximum absolute atomic E-state index is 12.7. The molecule has 2 heterocycles. The Morgan fingerprint density at radius 2 is 2.11 bits per heavy atom. The van der Waals surface area contributed by atoms with Gasteiger partial charge in [-0.05, 0) is 43.2 Å². The van der Waals surface area contributed by atoms with Gasteiger partial charge < -0.3 is 15.5 Å². The van der Waals surface area contributed by atoms with E-state index in [0.29, 0.717) is 17.7 Å². The first kappa shape index (κ1) is 19.9. The molecule has 5 nitrogen and oxygen atoms in total. The van der Waals surface area contributed by atoms with Crippen molar-refractivity contribution in [2.45, 2.75) is 50.9 Å². The number of anilines is 1. The van der Waals surface area contributed by atoms with E-state index in [9.17, 15) is 18.0 Å². The third-order valence-corrected chi connectivity index (χ3v) is 5.81. The summed E-state index contributed by atoms with van der Waals surface area (Å²) in [5.41, 5.74) is -0.724. The van der Waals surface area contributed by atoms with Gasteiger partial charge in [-0.15, -0.1) is 0 Å². The summed E-state index contributed by atoms with van der Waals surface area (Å²) in [4.78, 5) is 18.2. The molecule has 0 aromatic carbocycles. The van der Waals surface area contributed by atoms with Crippen molar-refractivity contribution in [3.8, 4) is 0 Å². The summed E-state index contributed by atoms with van der Waals surface area (Å²) in [7, 11) is 1.65. The van der Waals surface area contributed by atoms with Crippen LogP contribution in [0.2, 0.25) is 0 Å². The third-order valence-electron chi connectivity index (χ3n) is 5.81. The second-order valence-corrected chi connectivity index (χ2v) is 7.54. The summed E-state index contributed by atoms with van der Waals surface area (Å²) in [6.45, 7) is 3.62. The second kappa shape index (κ2) is 8.04. The molecule has 0 radical (unpaired) electrons. The zero-order valence-corrected chi connectivity index (χ0v) is 15.7. The lowest BCUT2D eigenvalue weighted by Gasteiger charge is -2.26. The van der Waals surface area contributed by atoms with Gasteiger partial charge in [0.25, 0.3) is 0 Å².